The first-order valence-corrected chi connectivity index (χ1v) is 6.44. The first-order valence-electron chi connectivity index (χ1n) is 4.55. The van der Waals surface area contributed by atoms with Gasteiger partial charge in [0.15, 0.2) is 9.84 Å². The maximum absolute atomic E-state index is 11.4. The highest BCUT2D eigenvalue weighted by Gasteiger charge is 2.38. The van der Waals surface area contributed by atoms with Gasteiger partial charge in [-0.2, -0.15) is 0 Å². The third-order valence-electron chi connectivity index (χ3n) is 3.23. The lowest BCUT2D eigenvalue weighted by Gasteiger charge is -2.34. The van der Waals surface area contributed by atoms with Gasteiger partial charge in [-0.3, -0.25) is 0 Å². The first-order chi connectivity index (χ1) is 5.35. The Morgan fingerprint density at radius 2 is 1.67 bits per heavy atom. The predicted molar refractivity (Wildman–Crippen MR) is 50.9 cm³/mol. The molecule has 0 aliphatic heterocycles. The Hall–Kier alpha value is -0.0500. The number of hydrogen-bond acceptors (Lipinski definition) is 2. The SMILES string of the molecule is CC1CCC(C)(S(C)(=O)=O)CC1. The predicted octanol–water partition coefficient (Wildman–Crippen LogP) is 2.00. The molecular formula is C9H18O2S. The van der Waals surface area contributed by atoms with Gasteiger partial charge in [-0.05, 0) is 38.5 Å². The van der Waals surface area contributed by atoms with Gasteiger partial charge >= 0.3 is 0 Å². The maximum Gasteiger partial charge on any atom is 0.152 e. The Morgan fingerprint density at radius 1 is 1.25 bits per heavy atom. The van der Waals surface area contributed by atoms with Crippen molar-refractivity contribution in [2.75, 3.05) is 6.26 Å². The van der Waals surface area contributed by atoms with Crippen LogP contribution in [0.15, 0.2) is 0 Å². The van der Waals surface area contributed by atoms with Gasteiger partial charge in [-0.1, -0.05) is 6.92 Å². The minimum Gasteiger partial charge on any atom is -0.229 e. The molecule has 0 amide bonds. The van der Waals surface area contributed by atoms with E-state index in [1.54, 1.807) is 0 Å². The fourth-order valence-electron chi connectivity index (χ4n) is 1.74. The molecule has 0 saturated heterocycles. The highest BCUT2D eigenvalue weighted by Crippen LogP contribution is 2.36. The lowest BCUT2D eigenvalue weighted by Crippen LogP contribution is -2.38. The number of hydrogen-bond donors (Lipinski definition) is 0. The highest BCUT2D eigenvalue weighted by atomic mass is 32.2. The number of sulfone groups is 1. The van der Waals surface area contributed by atoms with Crippen LogP contribution in [0, 0.1) is 5.92 Å². The fourth-order valence-corrected chi connectivity index (χ4v) is 2.72. The molecule has 1 aliphatic rings. The molecule has 0 aromatic carbocycles. The molecule has 1 aliphatic carbocycles. The van der Waals surface area contributed by atoms with Gasteiger partial charge in [0.05, 0.1) is 4.75 Å². The smallest absolute Gasteiger partial charge is 0.152 e. The minimum atomic E-state index is -2.85. The molecule has 72 valence electrons. The minimum absolute atomic E-state index is 0.431. The van der Waals surface area contributed by atoms with Crippen molar-refractivity contribution in [3.05, 3.63) is 0 Å². The Bertz CT molecular complexity index is 246. The van der Waals surface area contributed by atoms with E-state index in [0.29, 0.717) is 5.92 Å². The van der Waals surface area contributed by atoms with Crippen LogP contribution >= 0.6 is 0 Å². The van der Waals surface area contributed by atoms with E-state index < -0.39 is 14.6 Å². The second-order valence-electron chi connectivity index (χ2n) is 4.40. The second kappa shape index (κ2) is 3.02. The Labute approximate surface area is 75.3 Å². The highest BCUT2D eigenvalue weighted by molar-refractivity contribution is 7.92. The lowest BCUT2D eigenvalue weighted by atomic mass is 9.83. The molecule has 0 radical (unpaired) electrons. The van der Waals surface area contributed by atoms with Crippen LogP contribution in [0.5, 0.6) is 0 Å². The largest absolute Gasteiger partial charge is 0.229 e. The van der Waals surface area contributed by atoms with Crippen molar-refractivity contribution in [3.8, 4) is 0 Å². The third kappa shape index (κ3) is 1.82. The first kappa shape index (κ1) is 10.0. The van der Waals surface area contributed by atoms with Crippen LogP contribution in [0.3, 0.4) is 0 Å². The Kier molecular flexibility index (Phi) is 2.52. The molecule has 1 fully saturated rings. The summed E-state index contributed by atoms with van der Waals surface area (Å²) < 4.78 is 22.4. The molecule has 0 spiro atoms. The van der Waals surface area contributed by atoms with E-state index in [1.807, 2.05) is 6.92 Å². The molecule has 2 nitrogen and oxygen atoms in total. The molecule has 0 aromatic heterocycles. The van der Waals surface area contributed by atoms with Crippen LogP contribution in [0.4, 0.5) is 0 Å². The van der Waals surface area contributed by atoms with E-state index in [2.05, 4.69) is 6.92 Å². The summed E-state index contributed by atoms with van der Waals surface area (Å²) in [7, 11) is -2.85. The summed E-state index contributed by atoms with van der Waals surface area (Å²) in [5, 5.41) is 0. The number of rotatable bonds is 1. The van der Waals surface area contributed by atoms with Crippen LogP contribution in [0.1, 0.15) is 39.5 Å². The van der Waals surface area contributed by atoms with Gasteiger partial charge in [0.1, 0.15) is 0 Å². The van der Waals surface area contributed by atoms with Gasteiger partial charge in [-0.15, -0.1) is 0 Å². The van der Waals surface area contributed by atoms with Crippen molar-refractivity contribution >= 4 is 9.84 Å². The van der Waals surface area contributed by atoms with Crippen LogP contribution in [0.25, 0.3) is 0 Å². The van der Waals surface area contributed by atoms with Gasteiger partial charge in [0.2, 0.25) is 0 Å². The topological polar surface area (TPSA) is 34.1 Å². The Morgan fingerprint density at radius 3 is 2.00 bits per heavy atom. The molecule has 0 N–H and O–H groups in total. The zero-order valence-electron chi connectivity index (χ0n) is 8.13. The van der Waals surface area contributed by atoms with E-state index in [9.17, 15) is 8.42 Å². The van der Waals surface area contributed by atoms with Crippen LogP contribution in [-0.4, -0.2) is 19.4 Å². The van der Waals surface area contributed by atoms with Crippen molar-refractivity contribution < 1.29 is 8.42 Å². The van der Waals surface area contributed by atoms with E-state index >= 15 is 0 Å². The third-order valence-corrected chi connectivity index (χ3v) is 5.43. The molecule has 0 atom stereocenters. The summed E-state index contributed by atoms with van der Waals surface area (Å²) in [5.74, 6) is 0.708. The Balaban J connectivity index is 2.76. The summed E-state index contributed by atoms with van der Waals surface area (Å²) in [6, 6.07) is 0. The summed E-state index contributed by atoms with van der Waals surface area (Å²) >= 11 is 0. The van der Waals surface area contributed by atoms with Gasteiger partial charge in [0, 0.05) is 6.26 Å². The van der Waals surface area contributed by atoms with Crippen LogP contribution in [0.2, 0.25) is 0 Å². The summed E-state index contributed by atoms with van der Waals surface area (Å²) in [6.07, 6.45) is 5.16. The van der Waals surface area contributed by atoms with E-state index in [1.165, 1.54) is 6.26 Å². The van der Waals surface area contributed by atoms with Crippen molar-refractivity contribution in [2.24, 2.45) is 5.92 Å². The summed E-state index contributed by atoms with van der Waals surface area (Å²) in [6.45, 7) is 4.08. The van der Waals surface area contributed by atoms with Crippen molar-refractivity contribution in [1.29, 1.82) is 0 Å². The molecule has 3 heteroatoms. The molecule has 0 aromatic rings. The molecule has 1 saturated carbocycles. The van der Waals surface area contributed by atoms with Gasteiger partial charge < -0.3 is 0 Å². The molecular weight excluding hydrogens is 172 g/mol. The average molecular weight is 190 g/mol. The quantitative estimate of drug-likeness (QED) is 0.633. The van der Waals surface area contributed by atoms with E-state index in [-0.39, 0.29) is 0 Å². The molecule has 1 rings (SSSR count). The normalized spacial score (nSPS) is 38.1. The van der Waals surface area contributed by atoms with Crippen molar-refractivity contribution in [2.45, 2.75) is 44.3 Å². The van der Waals surface area contributed by atoms with E-state index in [4.69, 9.17) is 0 Å². The molecule has 12 heavy (non-hydrogen) atoms. The second-order valence-corrected chi connectivity index (χ2v) is 6.93. The molecule has 0 heterocycles. The van der Waals surface area contributed by atoms with E-state index in [0.717, 1.165) is 25.7 Å². The van der Waals surface area contributed by atoms with Gasteiger partial charge in [-0.25, -0.2) is 8.42 Å². The van der Waals surface area contributed by atoms with Crippen LogP contribution in [-0.2, 0) is 9.84 Å². The van der Waals surface area contributed by atoms with Crippen LogP contribution < -0.4 is 0 Å². The zero-order valence-corrected chi connectivity index (χ0v) is 8.95. The average Bonchev–Trinajstić information content (AvgIpc) is 1.93. The van der Waals surface area contributed by atoms with Crippen molar-refractivity contribution in [3.63, 3.8) is 0 Å². The maximum atomic E-state index is 11.4. The monoisotopic (exact) mass is 190 g/mol. The molecule has 0 unspecified atom stereocenters. The molecule has 0 bridgehead atoms. The van der Waals surface area contributed by atoms with Gasteiger partial charge in [0.25, 0.3) is 0 Å². The lowest BCUT2D eigenvalue weighted by molar-refractivity contribution is 0.321. The summed E-state index contributed by atoms with van der Waals surface area (Å²) in [4.78, 5) is 0. The summed E-state index contributed by atoms with van der Waals surface area (Å²) in [5.41, 5.74) is 0. The van der Waals surface area contributed by atoms with Crippen molar-refractivity contribution in [1.82, 2.24) is 0 Å². The zero-order chi connectivity index (χ0) is 9.41. The standard InChI is InChI=1S/C9H18O2S/c1-8-4-6-9(2,7-5-8)12(3,10)11/h8H,4-7H2,1-3H3. The fraction of sp³-hybridized carbons (Fsp3) is 1.00.